The molecule has 7 nitrogen and oxygen atoms in total. The minimum absolute atomic E-state index is 0.0194. The monoisotopic (exact) mass is 422 g/mol. The van der Waals surface area contributed by atoms with Crippen LogP contribution in [0.3, 0.4) is 0 Å². The Bertz CT molecular complexity index is 1080. The van der Waals surface area contributed by atoms with Gasteiger partial charge in [-0.2, -0.15) is 0 Å². The number of fused-ring (bicyclic) bond motifs is 1. The molecule has 1 aromatic heterocycles. The van der Waals surface area contributed by atoms with Gasteiger partial charge in [-0.1, -0.05) is 12.1 Å². The van der Waals surface area contributed by atoms with Crippen molar-refractivity contribution in [2.75, 3.05) is 25.0 Å². The van der Waals surface area contributed by atoms with E-state index in [1.807, 2.05) is 39.0 Å². The molecule has 0 saturated heterocycles. The zero-order chi connectivity index (χ0) is 22.4. The Labute approximate surface area is 181 Å². The predicted octanol–water partition coefficient (Wildman–Crippen LogP) is 3.95. The first-order valence-electron chi connectivity index (χ1n) is 10.2. The predicted molar refractivity (Wildman–Crippen MR) is 118 cm³/mol. The lowest BCUT2D eigenvalue weighted by atomic mass is 10.1. The Balaban J connectivity index is 1.50. The molecule has 0 spiro atoms. The fraction of sp³-hybridized carbons (Fsp3) is 0.292. The number of nitrogens with one attached hydrogen (secondary N) is 1. The van der Waals surface area contributed by atoms with Gasteiger partial charge in [0.2, 0.25) is 0 Å². The standard InChI is InChI=1S/C24H26N2O5/c1-4-26(5-2)24(29)17-7-9-19(10-8-17)25-22(27)15-31-23(28)13-18-14-30-21-12-16(3)6-11-20(18)21/h6-12,14H,4-5,13,15H2,1-3H3,(H,25,27). The van der Waals surface area contributed by atoms with Gasteiger partial charge in [-0.25, -0.2) is 0 Å². The SMILES string of the molecule is CCN(CC)C(=O)c1ccc(NC(=O)COC(=O)Cc2coc3cc(C)ccc23)cc1. The first kappa shape index (κ1) is 22.1. The smallest absolute Gasteiger partial charge is 0.310 e. The van der Waals surface area contributed by atoms with E-state index in [-0.39, 0.29) is 12.3 Å². The van der Waals surface area contributed by atoms with Crippen molar-refractivity contribution in [2.24, 2.45) is 0 Å². The molecule has 1 heterocycles. The maximum Gasteiger partial charge on any atom is 0.310 e. The van der Waals surface area contributed by atoms with Crippen LogP contribution in [0.25, 0.3) is 11.0 Å². The van der Waals surface area contributed by atoms with Crippen LogP contribution in [0.4, 0.5) is 5.69 Å². The maximum absolute atomic E-state index is 12.3. The molecule has 0 atom stereocenters. The van der Waals surface area contributed by atoms with Crippen molar-refractivity contribution in [1.82, 2.24) is 4.90 Å². The van der Waals surface area contributed by atoms with E-state index in [2.05, 4.69) is 5.32 Å². The van der Waals surface area contributed by atoms with Crippen LogP contribution in [-0.4, -0.2) is 42.4 Å². The number of carbonyl (C=O) groups excluding carboxylic acids is 3. The van der Waals surface area contributed by atoms with Crippen molar-refractivity contribution in [2.45, 2.75) is 27.2 Å². The molecule has 3 aromatic rings. The highest BCUT2D eigenvalue weighted by Gasteiger charge is 2.14. The molecule has 0 unspecified atom stereocenters. The zero-order valence-electron chi connectivity index (χ0n) is 17.9. The van der Waals surface area contributed by atoms with E-state index in [9.17, 15) is 14.4 Å². The number of esters is 1. The van der Waals surface area contributed by atoms with Crippen molar-refractivity contribution in [3.05, 3.63) is 65.4 Å². The van der Waals surface area contributed by atoms with Crippen LogP contribution in [-0.2, 0) is 20.7 Å². The average Bonchev–Trinajstić information content (AvgIpc) is 3.15. The summed E-state index contributed by atoms with van der Waals surface area (Å²) >= 11 is 0. The Hall–Kier alpha value is -3.61. The van der Waals surface area contributed by atoms with E-state index in [4.69, 9.17) is 9.15 Å². The molecule has 3 rings (SSSR count). The van der Waals surface area contributed by atoms with E-state index in [0.717, 1.165) is 10.9 Å². The van der Waals surface area contributed by atoms with E-state index < -0.39 is 18.5 Å². The Morgan fingerprint density at radius 2 is 1.74 bits per heavy atom. The minimum atomic E-state index is -0.515. The summed E-state index contributed by atoms with van der Waals surface area (Å²) in [5.41, 5.74) is 3.57. The second-order valence-corrected chi connectivity index (χ2v) is 7.20. The maximum atomic E-state index is 12.3. The second-order valence-electron chi connectivity index (χ2n) is 7.20. The second kappa shape index (κ2) is 9.93. The van der Waals surface area contributed by atoms with Gasteiger partial charge in [-0.15, -0.1) is 0 Å². The van der Waals surface area contributed by atoms with Gasteiger partial charge >= 0.3 is 5.97 Å². The van der Waals surface area contributed by atoms with Crippen LogP contribution in [0.5, 0.6) is 0 Å². The van der Waals surface area contributed by atoms with Gasteiger partial charge < -0.3 is 19.4 Å². The van der Waals surface area contributed by atoms with Crippen LogP contribution in [0.15, 0.2) is 53.1 Å². The number of carbonyl (C=O) groups is 3. The highest BCUT2D eigenvalue weighted by Crippen LogP contribution is 2.23. The lowest BCUT2D eigenvalue weighted by Gasteiger charge is -2.18. The molecule has 31 heavy (non-hydrogen) atoms. The number of nitrogens with zero attached hydrogens (tertiary/aromatic N) is 1. The Morgan fingerprint density at radius 1 is 1.03 bits per heavy atom. The molecule has 1 N–H and O–H groups in total. The molecular weight excluding hydrogens is 396 g/mol. The molecule has 162 valence electrons. The number of benzene rings is 2. The Morgan fingerprint density at radius 3 is 2.42 bits per heavy atom. The summed E-state index contributed by atoms with van der Waals surface area (Å²) < 4.78 is 10.6. The highest BCUT2D eigenvalue weighted by atomic mass is 16.5. The Kier molecular flexibility index (Phi) is 7.07. The van der Waals surface area contributed by atoms with Gasteiger partial charge in [-0.3, -0.25) is 14.4 Å². The number of hydrogen-bond donors (Lipinski definition) is 1. The zero-order valence-corrected chi connectivity index (χ0v) is 17.9. The molecule has 0 saturated carbocycles. The third-order valence-electron chi connectivity index (χ3n) is 4.98. The summed E-state index contributed by atoms with van der Waals surface area (Å²) in [5, 5.41) is 3.51. The summed E-state index contributed by atoms with van der Waals surface area (Å²) in [6.45, 7) is 6.68. The third kappa shape index (κ3) is 5.51. The third-order valence-corrected chi connectivity index (χ3v) is 4.98. The van der Waals surface area contributed by atoms with Crippen molar-refractivity contribution >= 4 is 34.4 Å². The van der Waals surface area contributed by atoms with Crippen LogP contribution in [0.2, 0.25) is 0 Å². The number of hydrogen-bond acceptors (Lipinski definition) is 5. The van der Waals surface area contributed by atoms with Crippen molar-refractivity contribution in [3.63, 3.8) is 0 Å². The number of rotatable bonds is 8. The molecule has 0 radical (unpaired) electrons. The minimum Gasteiger partial charge on any atom is -0.464 e. The van der Waals surface area contributed by atoms with Crippen molar-refractivity contribution < 1.29 is 23.5 Å². The fourth-order valence-electron chi connectivity index (χ4n) is 3.27. The first-order valence-corrected chi connectivity index (χ1v) is 10.2. The van der Waals surface area contributed by atoms with Crippen molar-refractivity contribution in [3.8, 4) is 0 Å². The highest BCUT2D eigenvalue weighted by molar-refractivity contribution is 5.96. The average molecular weight is 422 g/mol. The van der Waals surface area contributed by atoms with Gasteiger partial charge in [0.25, 0.3) is 11.8 Å². The van der Waals surface area contributed by atoms with Crippen LogP contribution in [0.1, 0.15) is 35.3 Å². The van der Waals surface area contributed by atoms with Gasteiger partial charge in [-0.05, 0) is 56.7 Å². The summed E-state index contributed by atoms with van der Waals surface area (Å²) in [7, 11) is 0. The molecule has 0 bridgehead atoms. The van der Waals surface area contributed by atoms with E-state index in [1.165, 1.54) is 6.26 Å². The van der Waals surface area contributed by atoms with Crippen LogP contribution < -0.4 is 5.32 Å². The number of anilines is 1. The fourth-order valence-corrected chi connectivity index (χ4v) is 3.27. The van der Waals surface area contributed by atoms with Gasteiger partial charge in [0, 0.05) is 35.3 Å². The van der Waals surface area contributed by atoms with Gasteiger partial charge in [0.15, 0.2) is 6.61 Å². The summed E-state index contributed by atoms with van der Waals surface area (Å²) in [6.07, 6.45) is 1.55. The summed E-state index contributed by atoms with van der Waals surface area (Å²) in [6, 6.07) is 12.4. The molecule has 7 heteroatoms. The van der Waals surface area contributed by atoms with Gasteiger partial charge in [0.05, 0.1) is 12.7 Å². The molecule has 0 fully saturated rings. The first-order chi connectivity index (χ1) is 14.9. The molecule has 0 aliphatic rings. The van der Waals surface area contributed by atoms with E-state index in [0.29, 0.717) is 35.5 Å². The lowest BCUT2D eigenvalue weighted by Crippen LogP contribution is -2.30. The van der Waals surface area contributed by atoms with Crippen LogP contribution in [0, 0.1) is 6.92 Å². The van der Waals surface area contributed by atoms with E-state index >= 15 is 0 Å². The van der Waals surface area contributed by atoms with Crippen molar-refractivity contribution in [1.29, 1.82) is 0 Å². The molecule has 2 aromatic carbocycles. The number of furan rings is 1. The normalized spacial score (nSPS) is 10.7. The molecule has 0 aliphatic heterocycles. The van der Waals surface area contributed by atoms with E-state index in [1.54, 1.807) is 29.2 Å². The molecule has 0 aliphatic carbocycles. The van der Waals surface area contributed by atoms with Gasteiger partial charge in [0.1, 0.15) is 5.58 Å². The van der Waals surface area contributed by atoms with Crippen LogP contribution >= 0.6 is 0 Å². The number of aryl methyl sites for hydroxylation is 1. The largest absolute Gasteiger partial charge is 0.464 e. The number of ether oxygens (including phenoxy) is 1. The molecular formula is C24H26N2O5. The number of amides is 2. The topological polar surface area (TPSA) is 88.9 Å². The summed E-state index contributed by atoms with van der Waals surface area (Å²) in [5.74, 6) is -1.03. The summed E-state index contributed by atoms with van der Waals surface area (Å²) in [4.78, 5) is 38.3. The lowest BCUT2D eigenvalue weighted by molar-refractivity contribution is -0.146. The molecule has 2 amide bonds. The quantitative estimate of drug-likeness (QED) is 0.555.